The Bertz CT molecular complexity index is 656. The molecule has 6 nitrogen and oxygen atoms in total. The molecule has 0 aliphatic carbocycles. The van der Waals surface area contributed by atoms with Gasteiger partial charge >= 0.3 is 5.97 Å². The summed E-state index contributed by atoms with van der Waals surface area (Å²) in [6, 6.07) is 3.37. The second-order valence-electron chi connectivity index (χ2n) is 3.74. The van der Waals surface area contributed by atoms with E-state index in [-0.39, 0.29) is 10.6 Å². The fourth-order valence-electron chi connectivity index (χ4n) is 1.46. The lowest BCUT2D eigenvalue weighted by molar-refractivity contribution is 0.0691. The van der Waals surface area contributed by atoms with Crippen molar-refractivity contribution in [3.05, 3.63) is 41.7 Å². The van der Waals surface area contributed by atoms with Crippen molar-refractivity contribution < 1.29 is 18.5 Å². The van der Waals surface area contributed by atoms with Crippen LogP contribution >= 0.6 is 0 Å². The Morgan fingerprint density at radius 3 is 2.84 bits per heavy atom. The Morgan fingerprint density at radius 1 is 1.53 bits per heavy atom. The van der Waals surface area contributed by atoms with Gasteiger partial charge in [0.1, 0.15) is 18.0 Å². The molecule has 0 amide bonds. The largest absolute Gasteiger partial charge is 0.478 e. The number of aromatic carboxylic acids is 1. The SMILES string of the molecule is Cn1ncnc1CS(=O)c1ccc(F)c(C(=O)O)c1. The molecule has 0 aliphatic rings. The first-order valence-corrected chi connectivity index (χ1v) is 6.55. The molecule has 2 rings (SSSR count). The highest BCUT2D eigenvalue weighted by molar-refractivity contribution is 7.84. The molecule has 1 atom stereocenters. The van der Waals surface area contributed by atoms with Crippen molar-refractivity contribution in [2.75, 3.05) is 0 Å². The topological polar surface area (TPSA) is 85.1 Å². The first kappa shape index (κ1) is 13.3. The average molecular weight is 283 g/mol. The number of carboxylic acid groups (broad SMARTS) is 1. The fourth-order valence-corrected chi connectivity index (χ4v) is 2.59. The van der Waals surface area contributed by atoms with Crippen LogP contribution in [-0.4, -0.2) is 30.0 Å². The van der Waals surface area contributed by atoms with Gasteiger partial charge in [0.25, 0.3) is 0 Å². The normalized spacial score (nSPS) is 12.3. The summed E-state index contributed by atoms with van der Waals surface area (Å²) in [5, 5.41) is 12.6. The quantitative estimate of drug-likeness (QED) is 0.903. The number of hydrogen-bond acceptors (Lipinski definition) is 4. The predicted molar refractivity (Wildman–Crippen MR) is 64.5 cm³/mol. The van der Waals surface area contributed by atoms with Gasteiger partial charge in [-0.15, -0.1) is 0 Å². The van der Waals surface area contributed by atoms with Crippen LogP contribution in [0, 0.1) is 5.82 Å². The third-order valence-electron chi connectivity index (χ3n) is 2.50. The molecule has 1 N–H and O–H groups in total. The van der Waals surface area contributed by atoms with Gasteiger partial charge < -0.3 is 5.11 Å². The van der Waals surface area contributed by atoms with Crippen molar-refractivity contribution in [2.45, 2.75) is 10.6 Å². The van der Waals surface area contributed by atoms with Gasteiger partial charge in [-0.05, 0) is 18.2 Å². The van der Waals surface area contributed by atoms with E-state index >= 15 is 0 Å². The van der Waals surface area contributed by atoms with Crippen molar-refractivity contribution in [2.24, 2.45) is 7.05 Å². The maximum absolute atomic E-state index is 13.2. The van der Waals surface area contributed by atoms with Crippen LogP contribution in [-0.2, 0) is 23.6 Å². The molecule has 0 radical (unpaired) electrons. The molecule has 1 unspecified atom stereocenters. The predicted octanol–water partition coefficient (Wildman–Crippen LogP) is 0.960. The minimum atomic E-state index is -1.51. The third kappa shape index (κ3) is 2.84. The first-order valence-electron chi connectivity index (χ1n) is 5.23. The third-order valence-corrected chi connectivity index (χ3v) is 3.80. The molecule has 2 aromatic rings. The van der Waals surface area contributed by atoms with Crippen LogP contribution in [0.2, 0.25) is 0 Å². The van der Waals surface area contributed by atoms with Gasteiger partial charge in [0.05, 0.1) is 22.1 Å². The van der Waals surface area contributed by atoms with Crippen LogP contribution in [0.4, 0.5) is 4.39 Å². The zero-order chi connectivity index (χ0) is 14.0. The minimum Gasteiger partial charge on any atom is -0.478 e. The summed E-state index contributed by atoms with van der Waals surface area (Å²) < 4.78 is 26.8. The van der Waals surface area contributed by atoms with E-state index in [2.05, 4.69) is 10.1 Å². The lowest BCUT2D eigenvalue weighted by atomic mass is 10.2. The van der Waals surface area contributed by atoms with E-state index in [1.807, 2.05) is 0 Å². The summed E-state index contributed by atoms with van der Waals surface area (Å²) in [7, 11) is 0.148. The zero-order valence-electron chi connectivity index (χ0n) is 9.91. The maximum Gasteiger partial charge on any atom is 0.338 e. The van der Waals surface area contributed by atoms with Crippen LogP contribution < -0.4 is 0 Å². The van der Waals surface area contributed by atoms with Gasteiger partial charge in [-0.2, -0.15) is 5.10 Å². The molecule has 100 valence electrons. The number of carbonyl (C=O) groups is 1. The fraction of sp³-hybridized carbons (Fsp3) is 0.182. The highest BCUT2D eigenvalue weighted by Gasteiger charge is 2.15. The van der Waals surface area contributed by atoms with Gasteiger partial charge in [0, 0.05) is 11.9 Å². The molecule has 0 bridgehead atoms. The van der Waals surface area contributed by atoms with Crippen LogP contribution in [0.5, 0.6) is 0 Å². The number of hydrogen-bond donors (Lipinski definition) is 1. The van der Waals surface area contributed by atoms with E-state index in [4.69, 9.17) is 5.11 Å². The Labute approximate surface area is 110 Å². The minimum absolute atomic E-state index is 0.0845. The Morgan fingerprint density at radius 2 is 2.26 bits per heavy atom. The Hall–Kier alpha value is -2.09. The summed E-state index contributed by atoms with van der Waals surface area (Å²) in [4.78, 5) is 15.0. The van der Waals surface area contributed by atoms with E-state index in [9.17, 15) is 13.4 Å². The zero-order valence-corrected chi connectivity index (χ0v) is 10.7. The van der Waals surface area contributed by atoms with E-state index in [1.54, 1.807) is 7.05 Å². The van der Waals surface area contributed by atoms with Crippen LogP contribution in [0.25, 0.3) is 0 Å². The average Bonchev–Trinajstić information content (AvgIpc) is 2.75. The lowest BCUT2D eigenvalue weighted by Crippen LogP contribution is -2.06. The Kier molecular flexibility index (Phi) is 3.70. The molecule has 0 fully saturated rings. The standard InChI is InChI=1S/C11H10FN3O3S/c1-15-10(13-6-14-15)5-19(18)7-2-3-9(12)8(4-7)11(16)17/h2-4,6H,5H2,1H3,(H,16,17). The van der Waals surface area contributed by atoms with Gasteiger partial charge in [-0.25, -0.2) is 14.2 Å². The van der Waals surface area contributed by atoms with Gasteiger partial charge in [-0.3, -0.25) is 8.89 Å². The van der Waals surface area contributed by atoms with Gasteiger partial charge in [0.2, 0.25) is 0 Å². The highest BCUT2D eigenvalue weighted by Crippen LogP contribution is 2.16. The number of aromatic nitrogens is 3. The molecule has 8 heteroatoms. The molecule has 1 aromatic carbocycles. The van der Waals surface area contributed by atoms with E-state index in [1.165, 1.54) is 17.1 Å². The molecular weight excluding hydrogens is 273 g/mol. The van der Waals surface area contributed by atoms with E-state index in [0.29, 0.717) is 5.82 Å². The number of nitrogens with zero attached hydrogens (tertiary/aromatic N) is 3. The van der Waals surface area contributed by atoms with E-state index in [0.717, 1.165) is 12.1 Å². The second kappa shape index (κ2) is 5.27. The summed E-state index contributed by atoms with van der Waals surface area (Å²) in [5.41, 5.74) is -0.496. The summed E-state index contributed by atoms with van der Waals surface area (Å²) in [6.45, 7) is 0. The maximum atomic E-state index is 13.2. The molecule has 0 spiro atoms. The van der Waals surface area contributed by atoms with Crippen molar-refractivity contribution in [1.82, 2.24) is 14.8 Å². The van der Waals surface area contributed by atoms with Crippen molar-refractivity contribution in [3.63, 3.8) is 0 Å². The smallest absolute Gasteiger partial charge is 0.338 e. The molecule has 0 saturated heterocycles. The van der Waals surface area contributed by atoms with Gasteiger partial charge in [-0.1, -0.05) is 0 Å². The van der Waals surface area contributed by atoms with Crippen molar-refractivity contribution >= 4 is 16.8 Å². The second-order valence-corrected chi connectivity index (χ2v) is 5.19. The molecule has 0 aliphatic heterocycles. The number of rotatable bonds is 4. The number of carboxylic acids is 1. The molecule has 0 saturated carbocycles. The Balaban J connectivity index is 2.27. The summed E-state index contributed by atoms with van der Waals surface area (Å²) in [6.07, 6.45) is 1.33. The lowest BCUT2D eigenvalue weighted by Gasteiger charge is -2.04. The highest BCUT2D eigenvalue weighted by atomic mass is 32.2. The number of halogens is 1. The number of benzene rings is 1. The molecule has 1 heterocycles. The molecule has 19 heavy (non-hydrogen) atoms. The van der Waals surface area contributed by atoms with Crippen molar-refractivity contribution in [3.8, 4) is 0 Å². The molecule has 1 aromatic heterocycles. The van der Waals surface area contributed by atoms with Crippen LogP contribution in [0.1, 0.15) is 16.2 Å². The monoisotopic (exact) mass is 283 g/mol. The first-order chi connectivity index (χ1) is 8.99. The molecular formula is C11H10FN3O3S. The summed E-state index contributed by atoms with van der Waals surface area (Å²) in [5.74, 6) is -1.66. The van der Waals surface area contributed by atoms with Crippen LogP contribution in [0.3, 0.4) is 0 Å². The van der Waals surface area contributed by atoms with E-state index < -0.39 is 28.1 Å². The summed E-state index contributed by atoms with van der Waals surface area (Å²) >= 11 is 0. The van der Waals surface area contributed by atoms with Gasteiger partial charge in [0.15, 0.2) is 0 Å². The van der Waals surface area contributed by atoms with Crippen LogP contribution in [0.15, 0.2) is 29.4 Å². The number of aryl methyl sites for hydroxylation is 1. The van der Waals surface area contributed by atoms with Crippen molar-refractivity contribution in [1.29, 1.82) is 0 Å².